The molecular formula is C14H22BrN3. The lowest BCUT2D eigenvalue weighted by Gasteiger charge is -2.32. The second-order valence-corrected chi connectivity index (χ2v) is 6.38. The van der Waals surface area contributed by atoms with Crippen LogP contribution >= 0.6 is 15.9 Å². The van der Waals surface area contributed by atoms with Crippen LogP contribution in [0.4, 0.5) is 0 Å². The highest BCUT2D eigenvalue weighted by atomic mass is 79.9. The lowest BCUT2D eigenvalue weighted by Crippen LogP contribution is -2.43. The first-order valence-electron chi connectivity index (χ1n) is 6.75. The molecule has 1 fully saturated rings. The molecule has 1 atom stereocenters. The van der Waals surface area contributed by atoms with E-state index in [2.05, 4.69) is 39.3 Å². The third-order valence-electron chi connectivity index (χ3n) is 4.06. The Bertz CT molecular complexity index is 358. The van der Waals surface area contributed by atoms with Crippen molar-refractivity contribution in [1.82, 2.24) is 10.4 Å². The molecule has 1 unspecified atom stereocenters. The number of hydrazine groups is 1. The van der Waals surface area contributed by atoms with E-state index in [1.165, 1.54) is 25.7 Å². The van der Waals surface area contributed by atoms with Gasteiger partial charge in [0.25, 0.3) is 0 Å². The number of aromatic nitrogens is 1. The van der Waals surface area contributed by atoms with Gasteiger partial charge in [-0.15, -0.1) is 0 Å². The minimum Gasteiger partial charge on any atom is -0.271 e. The summed E-state index contributed by atoms with van der Waals surface area (Å²) in [7, 11) is 0. The molecule has 1 saturated carbocycles. The number of halogens is 1. The molecule has 0 saturated heterocycles. The third kappa shape index (κ3) is 3.77. The molecular weight excluding hydrogens is 290 g/mol. The predicted molar refractivity (Wildman–Crippen MR) is 77.9 cm³/mol. The Morgan fingerprint density at radius 3 is 2.67 bits per heavy atom. The average Bonchev–Trinajstić information content (AvgIpc) is 2.39. The molecule has 1 aromatic heterocycles. The number of rotatable bonds is 4. The summed E-state index contributed by atoms with van der Waals surface area (Å²) < 4.78 is 1.02. The zero-order valence-electron chi connectivity index (χ0n) is 10.9. The molecule has 0 amide bonds. The molecule has 1 aliphatic carbocycles. The maximum Gasteiger partial charge on any atom is 0.0420 e. The molecule has 3 N–H and O–H groups in total. The molecule has 1 aliphatic rings. The smallest absolute Gasteiger partial charge is 0.0420 e. The molecule has 1 heterocycles. The largest absolute Gasteiger partial charge is 0.271 e. The van der Waals surface area contributed by atoms with E-state index in [1.54, 1.807) is 0 Å². The molecule has 1 aromatic rings. The highest BCUT2D eigenvalue weighted by molar-refractivity contribution is 9.10. The quantitative estimate of drug-likeness (QED) is 0.664. The Morgan fingerprint density at radius 1 is 1.39 bits per heavy atom. The van der Waals surface area contributed by atoms with E-state index in [1.807, 2.05) is 12.3 Å². The summed E-state index contributed by atoms with van der Waals surface area (Å²) in [6.45, 7) is 2.34. The summed E-state index contributed by atoms with van der Waals surface area (Å²) in [5.74, 6) is 7.30. The molecule has 0 radical (unpaired) electrons. The fourth-order valence-electron chi connectivity index (χ4n) is 2.80. The fraction of sp³-hybridized carbons (Fsp3) is 0.643. The Hall–Kier alpha value is -0.450. The van der Waals surface area contributed by atoms with Crippen LogP contribution in [0.1, 0.15) is 38.3 Å². The molecule has 100 valence electrons. The van der Waals surface area contributed by atoms with E-state index < -0.39 is 0 Å². The summed E-state index contributed by atoms with van der Waals surface area (Å²) in [6, 6.07) is 4.46. The lowest BCUT2D eigenvalue weighted by molar-refractivity contribution is 0.229. The van der Waals surface area contributed by atoms with E-state index in [4.69, 9.17) is 5.84 Å². The standard InChI is InChI=1S/C14H22BrN3/c1-10-2-4-11(5-3-10)14(18-16)8-13-7-6-12(15)9-17-13/h6-7,9-11,14,18H,2-5,8,16H2,1H3. The molecule has 4 heteroatoms. The van der Waals surface area contributed by atoms with Crippen molar-refractivity contribution in [3.63, 3.8) is 0 Å². The van der Waals surface area contributed by atoms with Gasteiger partial charge in [0.15, 0.2) is 0 Å². The second kappa shape index (κ2) is 6.64. The Balaban J connectivity index is 1.94. The first kappa shape index (κ1) is 14.0. The highest BCUT2D eigenvalue weighted by Gasteiger charge is 2.25. The van der Waals surface area contributed by atoms with Crippen LogP contribution in [0, 0.1) is 11.8 Å². The van der Waals surface area contributed by atoms with Crippen LogP contribution < -0.4 is 11.3 Å². The summed E-state index contributed by atoms with van der Waals surface area (Å²) >= 11 is 3.41. The summed E-state index contributed by atoms with van der Waals surface area (Å²) in [4.78, 5) is 4.43. The molecule has 18 heavy (non-hydrogen) atoms. The van der Waals surface area contributed by atoms with Gasteiger partial charge in [0.1, 0.15) is 0 Å². The van der Waals surface area contributed by atoms with Crippen molar-refractivity contribution in [1.29, 1.82) is 0 Å². The van der Waals surface area contributed by atoms with Crippen LogP contribution in [0.15, 0.2) is 22.8 Å². The summed E-state index contributed by atoms with van der Waals surface area (Å²) in [5.41, 5.74) is 4.11. The lowest BCUT2D eigenvalue weighted by atomic mass is 9.78. The van der Waals surface area contributed by atoms with Gasteiger partial charge in [-0.2, -0.15) is 0 Å². The molecule has 0 spiro atoms. The number of hydrogen-bond acceptors (Lipinski definition) is 3. The molecule has 0 aromatic carbocycles. The summed E-state index contributed by atoms with van der Waals surface area (Å²) in [5, 5.41) is 0. The van der Waals surface area contributed by atoms with Gasteiger partial charge in [0.2, 0.25) is 0 Å². The van der Waals surface area contributed by atoms with Crippen LogP contribution in [0.3, 0.4) is 0 Å². The van der Waals surface area contributed by atoms with Gasteiger partial charge < -0.3 is 0 Å². The fourth-order valence-corrected chi connectivity index (χ4v) is 3.04. The maximum atomic E-state index is 5.73. The topological polar surface area (TPSA) is 50.9 Å². The summed E-state index contributed by atoms with van der Waals surface area (Å²) in [6.07, 6.45) is 8.00. The zero-order valence-corrected chi connectivity index (χ0v) is 12.5. The van der Waals surface area contributed by atoms with E-state index >= 15 is 0 Å². The first-order valence-corrected chi connectivity index (χ1v) is 7.55. The van der Waals surface area contributed by atoms with E-state index in [0.717, 1.165) is 22.5 Å². The highest BCUT2D eigenvalue weighted by Crippen LogP contribution is 2.31. The van der Waals surface area contributed by atoms with Crippen LogP contribution in [-0.4, -0.2) is 11.0 Å². The molecule has 0 bridgehead atoms. The van der Waals surface area contributed by atoms with Crippen LogP contribution in [0.2, 0.25) is 0 Å². The van der Waals surface area contributed by atoms with E-state index in [9.17, 15) is 0 Å². The van der Waals surface area contributed by atoms with Gasteiger partial charge in [-0.1, -0.05) is 19.8 Å². The zero-order chi connectivity index (χ0) is 13.0. The number of nitrogens with two attached hydrogens (primary N) is 1. The van der Waals surface area contributed by atoms with Crippen molar-refractivity contribution in [3.05, 3.63) is 28.5 Å². The normalized spacial score (nSPS) is 25.9. The minimum absolute atomic E-state index is 0.353. The SMILES string of the molecule is CC1CCC(C(Cc2ccc(Br)cn2)NN)CC1. The van der Waals surface area contributed by atoms with Gasteiger partial charge in [0.05, 0.1) is 0 Å². The van der Waals surface area contributed by atoms with Crippen molar-refractivity contribution in [2.24, 2.45) is 17.7 Å². The van der Waals surface area contributed by atoms with Crippen LogP contribution in [-0.2, 0) is 6.42 Å². The Kier molecular flexibility index (Phi) is 5.15. The van der Waals surface area contributed by atoms with Crippen molar-refractivity contribution >= 4 is 15.9 Å². The maximum absolute atomic E-state index is 5.73. The Morgan fingerprint density at radius 2 is 2.11 bits per heavy atom. The van der Waals surface area contributed by atoms with Gasteiger partial charge in [-0.3, -0.25) is 16.3 Å². The van der Waals surface area contributed by atoms with Crippen molar-refractivity contribution in [2.75, 3.05) is 0 Å². The molecule has 0 aliphatic heterocycles. The molecule has 3 nitrogen and oxygen atoms in total. The van der Waals surface area contributed by atoms with Gasteiger partial charge in [-0.25, -0.2) is 0 Å². The van der Waals surface area contributed by atoms with Gasteiger partial charge in [0, 0.05) is 28.8 Å². The Labute approximate surface area is 118 Å². The third-order valence-corrected chi connectivity index (χ3v) is 4.53. The van der Waals surface area contributed by atoms with Crippen molar-refractivity contribution < 1.29 is 0 Å². The number of nitrogens with one attached hydrogen (secondary N) is 1. The minimum atomic E-state index is 0.353. The van der Waals surface area contributed by atoms with E-state index in [-0.39, 0.29) is 0 Å². The van der Waals surface area contributed by atoms with Crippen molar-refractivity contribution in [3.8, 4) is 0 Å². The van der Waals surface area contributed by atoms with Crippen LogP contribution in [0.5, 0.6) is 0 Å². The van der Waals surface area contributed by atoms with E-state index in [0.29, 0.717) is 12.0 Å². The first-order chi connectivity index (χ1) is 8.69. The monoisotopic (exact) mass is 311 g/mol. The van der Waals surface area contributed by atoms with Crippen molar-refractivity contribution in [2.45, 2.75) is 45.1 Å². The van der Waals surface area contributed by atoms with Gasteiger partial charge >= 0.3 is 0 Å². The second-order valence-electron chi connectivity index (χ2n) is 5.46. The van der Waals surface area contributed by atoms with Gasteiger partial charge in [-0.05, 0) is 52.7 Å². The molecule has 2 rings (SSSR count). The predicted octanol–water partition coefficient (Wildman–Crippen LogP) is 3.04. The number of pyridine rings is 1. The van der Waals surface area contributed by atoms with Crippen LogP contribution in [0.25, 0.3) is 0 Å². The number of hydrogen-bond donors (Lipinski definition) is 2. The average molecular weight is 312 g/mol. The number of nitrogens with zero attached hydrogens (tertiary/aromatic N) is 1.